The summed E-state index contributed by atoms with van der Waals surface area (Å²) in [6.07, 6.45) is -17.2. The van der Waals surface area contributed by atoms with Crippen molar-refractivity contribution in [1.82, 2.24) is 10.6 Å². The molecule has 0 aromatic carbocycles. The molecular formula is C28H53N7O14. The summed E-state index contributed by atoms with van der Waals surface area (Å²) in [5.74, 6) is -1.04. The van der Waals surface area contributed by atoms with Crippen LogP contribution in [0.4, 0.5) is 0 Å². The molecule has 49 heavy (non-hydrogen) atoms. The maximum Gasteiger partial charge on any atom is 0.251 e. The van der Waals surface area contributed by atoms with Gasteiger partial charge in [0.2, 0.25) is 0 Å². The van der Waals surface area contributed by atoms with Crippen molar-refractivity contribution in [2.45, 2.75) is 123 Å². The normalized spacial score (nSPS) is 45.6. The lowest BCUT2D eigenvalue weighted by Crippen LogP contribution is -2.67. The molecule has 4 rings (SSSR count). The van der Waals surface area contributed by atoms with Crippen molar-refractivity contribution in [3.05, 3.63) is 12.2 Å². The number of aliphatic hydroxyl groups is 7. The van der Waals surface area contributed by atoms with E-state index in [2.05, 4.69) is 10.6 Å². The highest BCUT2D eigenvalue weighted by molar-refractivity contribution is 5.81. The van der Waals surface area contributed by atoms with Crippen molar-refractivity contribution >= 4 is 5.91 Å². The maximum atomic E-state index is 12.7. The molecule has 2 saturated heterocycles. The van der Waals surface area contributed by atoms with Gasteiger partial charge in [-0.25, -0.2) is 0 Å². The van der Waals surface area contributed by atoms with E-state index in [0.717, 1.165) is 0 Å². The monoisotopic (exact) mass is 711 g/mol. The smallest absolute Gasteiger partial charge is 0.251 e. The van der Waals surface area contributed by atoms with Gasteiger partial charge in [-0.2, -0.15) is 0 Å². The molecular weight excluding hydrogens is 658 g/mol. The number of carbonyl (C=O) groups is 1. The minimum atomic E-state index is -1.92. The van der Waals surface area contributed by atoms with E-state index in [1.54, 1.807) is 19.2 Å². The second-order valence-corrected chi connectivity index (χ2v) is 12.7. The van der Waals surface area contributed by atoms with E-state index in [9.17, 15) is 40.5 Å². The number of nitrogens with two attached hydrogens (primary N) is 5. The fraction of sp³-hybridized carbons (Fsp3) is 0.893. The molecule has 1 aliphatic carbocycles. The number of likely N-dealkylation sites (N-methyl/N-ethyl adjacent to an activating group) is 1. The van der Waals surface area contributed by atoms with Crippen LogP contribution in [-0.2, 0) is 33.2 Å². The first-order chi connectivity index (χ1) is 23.3. The number of ether oxygens (including phenoxy) is 6. The van der Waals surface area contributed by atoms with Crippen molar-refractivity contribution in [1.29, 1.82) is 0 Å². The summed E-state index contributed by atoms with van der Waals surface area (Å²) in [5.41, 5.74) is 29.8. The number of rotatable bonds is 14. The van der Waals surface area contributed by atoms with E-state index in [1.165, 1.54) is 0 Å². The molecule has 19 N–H and O–H groups in total. The van der Waals surface area contributed by atoms with E-state index in [-0.39, 0.29) is 13.0 Å². The zero-order chi connectivity index (χ0) is 36.2. The van der Waals surface area contributed by atoms with Gasteiger partial charge in [0.05, 0.1) is 30.8 Å². The minimum absolute atomic E-state index is 0.104. The van der Waals surface area contributed by atoms with E-state index in [4.69, 9.17) is 57.1 Å². The van der Waals surface area contributed by atoms with E-state index in [1.807, 2.05) is 0 Å². The van der Waals surface area contributed by atoms with E-state index >= 15 is 0 Å². The first-order valence-electron chi connectivity index (χ1n) is 16.2. The molecule has 21 nitrogen and oxygen atoms in total. The quantitative estimate of drug-likeness (QED) is 0.0744. The van der Waals surface area contributed by atoms with Crippen molar-refractivity contribution in [3.8, 4) is 0 Å². The molecule has 4 aliphatic rings. The summed E-state index contributed by atoms with van der Waals surface area (Å²) >= 11 is 0. The van der Waals surface area contributed by atoms with Crippen LogP contribution in [0, 0.1) is 0 Å². The summed E-state index contributed by atoms with van der Waals surface area (Å²) < 4.78 is 35.5. The first kappa shape index (κ1) is 40.2. The summed E-state index contributed by atoms with van der Waals surface area (Å²) in [7, 11) is 1.73. The Morgan fingerprint density at radius 3 is 2.14 bits per heavy atom. The summed E-state index contributed by atoms with van der Waals surface area (Å²) in [4.78, 5) is 12.7. The van der Waals surface area contributed by atoms with Gasteiger partial charge in [0, 0.05) is 25.7 Å². The third-order valence-electron chi connectivity index (χ3n) is 9.12. The van der Waals surface area contributed by atoms with Crippen molar-refractivity contribution in [2.75, 3.05) is 33.3 Å². The molecule has 3 aliphatic heterocycles. The number of nitrogens with one attached hydrogen (secondary N) is 2. The average Bonchev–Trinajstić information content (AvgIpc) is 3.38. The fourth-order valence-electron chi connectivity index (χ4n) is 6.24. The summed E-state index contributed by atoms with van der Waals surface area (Å²) in [5, 5.41) is 79.0. The Bertz CT molecular complexity index is 1080. The third kappa shape index (κ3) is 9.10. The van der Waals surface area contributed by atoms with E-state index < -0.39 is 135 Å². The summed E-state index contributed by atoms with van der Waals surface area (Å²) in [6.45, 7) is -0.866. The van der Waals surface area contributed by atoms with Crippen LogP contribution in [0.3, 0.4) is 0 Å². The Morgan fingerprint density at radius 1 is 0.857 bits per heavy atom. The van der Waals surface area contributed by atoms with E-state index in [0.29, 0.717) is 6.54 Å². The Labute approximate surface area is 282 Å². The molecule has 3 fully saturated rings. The van der Waals surface area contributed by atoms with Crippen LogP contribution in [0.15, 0.2) is 12.2 Å². The molecule has 21 heteroatoms. The SMILES string of the molecule is CNC[C@@H]1C=C[C@@H](N)[C@@H](O[C@H]2[C@H](O[C@@H]3O[C@H](CO)[C@@H](O[C@H]4O[C@@H](CN)[C@@H](O)[C@H](O)[C@H]4N)[C@H]3O)[C@@H](O)[C@H](NC(=O)[C@@H](O)[C@@H](O)CN)C[C@@H]2N)O1. The number of carbonyl (C=O) groups excluding carboxylic acids is 1. The Hall–Kier alpha value is -1.55. The molecule has 0 aromatic heterocycles. The Morgan fingerprint density at radius 2 is 1.51 bits per heavy atom. The predicted octanol–water partition coefficient (Wildman–Crippen LogP) is -8.96. The molecule has 1 amide bonds. The minimum Gasteiger partial charge on any atom is -0.394 e. The van der Waals surface area contributed by atoms with Gasteiger partial charge in [-0.1, -0.05) is 12.2 Å². The zero-order valence-corrected chi connectivity index (χ0v) is 27.0. The molecule has 0 bridgehead atoms. The number of hydrogen-bond acceptors (Lipinski definition) is 20. The maximum absolute atomic E-state index is 12.7. The Kier molecular flexibility index (Phi) is 14.6. The lowest BCUT2D eigenvalue weighted by atomic mass is 9.83. The third-order valence-corrected chi connectivity index (χ3v) is 9.12. The first-order valence-corrected chi connectivity index (χ1v) is 16.2. The molecule has 19 atom stereocenters. The van der Waals surface area contributed by atoms with Crippen molar-refractivity contribution in [3.63, 3.8) is 0 Å². The molecule has 1 saturated carbocycles. The zero-order valence-electron chi connectivity index (χ0n) is 27.0. The van der Waals surface area contributed by atoms with Crippen LogP contribution in [0.2, 0.25) is 0 Å². The largest absolute Gasteiger partial charge is 0.394 e. The molecule has 0 spiro atoms. The van der Waals surface area contributed by atoms with Gasteiger partial charge in [0.25, 0.3) is 5.91 Å². The van der Waals surface area contributed by atoms with Crippen LogP contribution in [0.1, 0.15) is 6.42 Å². The highest BCUT2D eigenvalue weighted by atomic mass is 16.8. The standard InChI is InChI=1S/C28H53N7O14/c1-34-7-9-2-3-10(31)26(44-9)47-22-11(32)4-12(35-25(43)18(39)13(37)5-29)17(38)24(22)49-28-21(42)23(15(8-36)46-28)48-27-16(33)20(41)19(40)14(6-30)45-27/h2-3,9-24,26-28,34,36-42H,4-8,29-33H2,1H3,(H,35,43)/t9-,10+,11-,12+,13-,14-,15+,16+,17-,18-,19+,20+,21+,22+,23+,24+,26+,27+,28-/m0/s1. The Balaban J connectivity index is 1.56. The number of aliphatic hydroxyl groups excluding tert-OH is 7. The van der Waals surface area contributed by atoms with Crippen LogP contribution < -0.4 is 39.3 Å². The molecule has 3 heterocycles. The number of hydrogen-bond donors (Lipinski definition) is 14. The predicted molar refractivity (Wildman–Crippen MR) is 165 cm³/mol. The van der Waals surface area contributed by atoms with Crippen LogP contribution in [-0.4, -0.2) is 191 Å². The van der Waals surface area contributed by atoms with Crippen molar-refractivity contribution < 1.29 is 69.0 Å². The average molecular weight is 712 g/mol. The molecule has 0 radical (unpaired) electrons. The van der Waals surface area contributed by atoms with Crippen molar-refractivity contribution in [2.24, 2.45) is 28.7 Å². The van der Waals surface area contributed by atoms with Gasteiger partial charge in [-0.3, -0.25) is 4.79 Å². The van der Waals surface area contributed by atoms with Gasteiger partial charge < -0.3 is 103 Å². The van der Waals surface area contributed by atoms with Crippen LogP contribution >= 0.6 is 0 Å². The molecule has 284 valence electrons. The van der Waals surface area contributed by atoms with Crippen LogP contribution in [0.5, 0.6) is 0 Å². The highest BCUT2D eigenvalue weighted by Gasteiger charge is 2.54. The molecule has 0 aromatic rings. The fourth-order valence-corrected chi connectivity index (χ4v) is 6.24. The lowest BCUT2D eigenvalue weighted by molar-refractivity contribution is -0.284. The van der Waals surface area contributed by atoms with Crippen LogP contribution in [0.25, 0.3) is 0 Å². The second-order valence-electron chi connectivity index (χ2n) is 12.7. The van der Waals surface area contributed by atoms with Gasteiger partial charge in [0.15, 0.2) is 25.0 Å². The second kappa shape index (κ2) is 17.8. The van der Waals surface area contributed by atoms with Gasteiger partial charge in [-0.05, 0) is 13.5 Å². The van der Waals surface area contributed by atoms with Gasteiger partial charge >= 0.3 is 0 Å². The van der Waals surface area contributed by atoms with Gasteiger partial charge in [-0.15, -0.1) is 0 Å². The number of amides is 1. The summed E-state index contributed by atoms with van der Waals surface area (Å²) in [6, 6.07) is -4.18. The van der Waals surface area contributed by atoms with Gasteiger partial charge in [0.1, 0.15) is 61.0 Å². The highest BCUT2D eigenvalue weighted by Crippen LogP contribution is 2.34. The topological polar surface area (TPSA) is 368 Å². The molecule has 0 unspecified atom stereocenters. The lowest BCUT2D eigenvalue weighted by Gasteiger charge is -2.46.